The van der Waals surface area contributed by atoms with Crippen molar-refractivity contribution in [3.8, 4) is 17.2 Å². The molecule has 0 aliphatic carbocycles. The zero-order valence-electron chi connectivity index (χ0n) is 9.09. The maximum absolute atomic E-state index is 5.23. The molecule has 0 saturated carbocycles. The molecule has 1 aromatic carbocycles. The van der Waals surface area contributed by atoms with Crippen molar-refractivity contribution < 1.29 is 14.2 Å². The zero-order chi connectivity index (χ0) is 10.6. The Labute approximate surface area is 86.6 Å². The average molecular weight is 216 g/mol. The summed E-state index contributed by atoms with van der Waals surface area (Å²) in [5.41, 5.74) is 1.23. The molecule has 0 spiro atoms. The van der Waals surface area contributed by atoms with Gasteiger partial charge in [0.25, 0.3) is 0 Å². The Kier molecular flexibility index (Phi) is 4.02. The van der Waals surface area contributed by atoms with E-state index in [-0.39, 0.29) is 0 Å². The van der Waals surface area contributed by atoms with Gasteiger partial charge < -0.3 is 0 Å². The molecule has 0 unspecified atom stereocenters. The first-order valence-electron chi connectivity index (χ1n) is 4.55. The summed E-state index contributed by atoms with van der Waals surface area (Å²) in [6.07, 6.45) is 1.08. The first-order valence-corrected chi connectivity index (χ1v) is 5.97. The van der Waals surface area contributed by atoms with E-state index in [1.807, 2.05) is 12.1 Å². The molecule has 80 valence electrons. The second kappa shape index (κ2) is 5.06. The second-order valence-corrected chi connectivity index (χ2v) is 3.59. The Balaban J connectivity index is 3.24. The van der Waals surface area contributed by atoms with Crippen LogP contribution in [0.15, 0.2) is 12.1 Å². The Hall–Kier alpha value is -0.950. The Morgan fingerprint density at radius 3 is 1.79 bits per heavy atom. The van der Waals surface area contributed by atoms with Gasteiger partial charge in [0.2, 0.25) is 0 Å². The molecule has 0 heterocycles. The number of methoxy groups -OCH3 is 3. The summed E-state index contributed by atoms with van der Waals surface area (Å²) >= 11 is 0. The van der Waals surface area contributed by atoms with E-state index in [4.69, 9.17) is 14.2 Å². The average Bonchev–Trinajstić information content (AvgIpc) is 2.26. The third-order valence-electron chi connectivity index (χ3n) is 2.13. The van der Waals surface area contributed by atoms with Gasteiger partial charge in [0.1, 0.15) is 0 Å². The van der Waals surface area contributed by atoms with Crippen molar-refractivity contribution in [3.63, 3.8) is 0 Å². The van der Waals surface area contributed by atoms with Gasteiger partial charge >= 0.3 is 85.9 Å². The topological polar surface area (TPSA) is 27.7 Å². The minimum atomic E-state index is 0.661. The zero-order valence-corrected chi connectivity index (χ0v) is 11.1. The minimum absolute atomic E-state index is 0.661. The van der Waals surface area contributed by atoms with Gasteiger partial charge in [0.05, 0.1) is 0 Å². The number of hydrogen-bond acceptors (Lipinski definition) is 3. The van der Waals surface area contributed by atoms with Crippen molar-refractivity contribution in [2.24, 2.45) is 0 Å². The molecule has 3 nitrogen and oxygen atoms in total. The van der Waals surface area contributed by atoms with Gasteiger partial charge in [0.15, 0.2) is 0 Å². The third kappa shape index (κ3) is 2.10. The van der Waals surface area contributed by atoms with E-state index in [1.165, 1.54) is 5.56 Å². The molecule has 0 aliphatic heterocycles. The third-order valence-corrected chi connectivity index (χ3v) is 2.95. The van der Waals surface area contributed by atoms with Crippen molar-refractivity contribution in [1.82, 2.24) is 0 Å². The van der Waals surface area contributed by atoms with E-state index in [0.717, 1.165) is 26.9 Å². The standard InChI is InChI=1S/C10H17O3P/c1-11-8-4-7(6-14)5-9(12-2)10(8)13-3/h4-5H,6H2,1-3H3,14H4. The fourth-order valence-electron chi connectivity index (χ4n) is 1.34. The summed E-state index contributed by atoms with van der Waals surface area (Å²) in [6, 6.07) is 3.99. The molecular formula is C10H17O3P. The number of rotatable bonds is 4. The molecule has 1 rings (SSSR count). The van der Waals surface area contributed by atoms with Crippen LogP contribution >= 0.6 is 9.24 Å². The first kappa shape index (κ1) is 11.1. The van der Waals surface area contributed by atoms with Crippen molar-refractivity contribution >= 4 is 9.24 Å². The summed E-state index contributed by atoms with van der Waals surface area (Å²) in [6.45, 7) is 0. The fraction of sp³-hybridized carbons (Fsp3) is 0.400. The molecule has 0 saturated heterocycles. The van der Waals surface area contributed by atoms with E-state index in [2.05, 4.69) is 0 Å². The maximum atomic E-state index is 5.23. The summed E-state index contributed by atoms with van der Waals surface area (Å²) < 4.78 is 15.7. The Morgan fingerprint density at radius 2 is 1.50 bits per heavy atom. The van der Waals surface area contributed by atoms with Crippen LogP contribution in [0, 0.1) is 0 Å². The molecule has 4 heteroatoms. The van der Waals surface area contributed by atoms with Crippen LogP contribution in [-0.2, 0) is 6.16 Å². The van der Waals surface area contributed by atoms with Gasteiger partial charge in [-0.2, -0.15) is 0 Å². The fourth-order valence-corrected chi connectivity index (χ4v) is 1.75. The van der Waals surface area contributed by atoms with Crippen molar-refractivity contribution in [2.75, 3.05) is 21.3 Å². The normalized spacial score (nSPS) is 9.79. The number of ether oxygens (including phenoxy) is 3. The molecule has 14 heavy (non-hydrogen) atoms. The van der Waals surface area contributed by atoms with Gasteiger partial charge in [-0.1, -0.05) is 0 Å². The van der Waals surface area contributed by atoms with Gasteiger partial charge in [-0.25, -0.2) is 0 Å². The van der Waals surface area contributed by atoms with E-state index < -0.39 is 0 Å². The van der Waals surface area contributed by atoms with Crippen LogP contribution in [0.2, 0.25) is 0 Å². The predicted octanol–water partition coefficient (Wildman–Crippen LogP) is 1.55. The monoisotopic (exact) mass is 216 g/mol. The van der Waals surface area contributed by atoms with Gasteiger partial charge in [0, 0.05) is 0 Å². The quantitative estimate of drug-likeness (QED) is 0.715. The van der Waals surface area contributed by atoms with Crippen LogP contribution in [0.3, 0.4) is 0 Å². The summed E-state index contributed by atoms with van der Waals surface area (Å²) in [5.74, 6) is 2.13. The SMILES string of the molecule is COc1cc(C[PH4])cc(OC)c1OC. The van der Waals surface area contributed by atoms with Crippen LogP contribution in [0.4, 0.5) is 0 Å². The van der Waals surface area contributed by atoms with E-state index in [1.54, 1.807) is 21.3 Å². The van der Waals surface area contributed by atoms with Crippen molar-refractivity contribution in [3.05, 3.63) is 17.7 Å². The molecule has 1 aromatic rings. The van der Waals surface area contributed by atoms with Crippen LogP contribution in [0.25, 0.3) is 0 Å². The van der Waals surface area contributed by atoms with Crippen LogP contribution in [0.1, 0.15) is 5.56 Å². The molecule has 0 aliphatic rings. The Morgan fingerprint density at radius 1 is 1.00 bits per heavy atom. The molecule has 0 aromatic heterocycles. The summed E-state index contributed by atoms with van der Waals surface area (Å²) in [4.78, 5) is 0. The van der Waals surface area contributed by atoms with Crippen molar-refractivity contribution in [1.29, 1.82) is 0 Å². The molecule has 0 atom stereocenters. The van der Waals surface area contributed by atoms with E-state index in [0.29, 0.717) is 5.75 Å². The summed E-state index contributed by atoms with van der Waals surface area (Å²) in [7, 11) is 6.00. The number of hydrogen-bond donors (Lipinski definition) is 0. The molecule has 0 bridgehead atoms. The molecular weight excluding hydrogens is 199 g/mol. The van der Waals surface area contributed by atoms with Crippen molar-refractivity contribution in [2.45, 2.75) is 6.16 Å². The number of benzene rings is 1. The first-order chi connectivity index (χ1) is 6.76. The van der Waals surface area contributed by atoms with Crippen LogP contribution in [-0.4, -0.2) is 21.3 Å². The van der Waals surface area contributed by atoms with E-state index >= 15 is 0 Å². The second-order valence-electron chi connectivity index (χ2n) is 2.89. The van der Waals surface area contributed by atoms with Crippen LogP contribution < -0.4 is 14.2 Å². The van der Waals surface area contributed by atoms with Crippen LogP contribution in [0.5, 0.6) is 17.2 Å². The molecule has 0 radical (unpaired) electrons. The molecule has 0 fully saturated rings. The molecule has 0 N–H and O–H groups in total. The van der Waals surface area contributed by atoms with Gasteiger partial charge in [-0.3, -0.25) is 0 Å². The van der Waals surface area contributed by atoms with Gasteiger partial charge in [-0.05, 0) is 0 Å². The summed E-state index contributed by atoms with van der Waals surface area (Å²) in [5, 5.41) is 0. The van der Waals surface area contributed by atoms with Gasteiger partial charge in [-0.15, -0.1) is 0 Å². The Bertz CT molecular complexity index is 287. The predicted molar refractivity (Wildman–Crippen MR) is 62.3 cm³/mol. The van der Waals surface area contributed by atoms with E-state index in [9.17, 15) is 0 Å². The molecule has 0 amide bonds.